The molecule has 0 aliphatic carbocycles. The fourth-order valence-corrected chi connectivity index (χ4v) is 4.00. The summed E-state index contributed by atoms with van der Waals surface area (Å²) in [5, 5.41) is 2.10. The summed E-state index contributed by atoms with van der Waals surface area (Å²) in [6.07, 6.45) is 2.98. The van der Waals surface area contributed by atoms with Crippen LogP contribution in [0.3, 0.4) is 0 Å². The van der Waals surface area contributed by atoms with Crippen LogP contribution in [0, 0.1) is 0 Å². The number of hydrogen-bond donors (Lipinski definition) is 0. The number of hydrogen-bond acceptors (Lipinski definition) is 4. The van der Waals surface area contributed by atoms with Gasteiger partial charge in [-0.3, -0.25) is 4.79 Å². The number of ether oxygens (including phenoxy) is 2. The molecule has 0 spiro atoms. The minimum absolute atomic E-state index is 0.0396. The van der Waals surface area contributed by atoms with Crippen molar-refractivity contribution in [1.82, 2.24) is 0 Å². The van der Waals surface area contributed by atoms with Crippen LogP contribution in [0.2, 0.25) is 0 Å². The number of carbonyl (C=O) groups is 2. The summed E-state index contributed by atoms with van der Waals surface area (Å²) in [7, 11) is 1.64. The minimum atomic E-state index is -0.866. The third kappa shape index (κ3) is 4.31. The third-order valence-corrected chi connectivity index (χ3v) is 5.57. The van der Waals surface area contributed by atoms with Crippen LogP contribution in [0.1, 0.15) is 25.0 Å². The molecule has 0 unspecified atom stereocenters. The second-order valence-corrected chi connectivity index (χ2v) is 7.78. The van der Waals surface area contributed by atoms with Gasteiger partial charge < -0.3 is 14.4 Å². The van der Waals surface area contributed by atoms with E-state index in [0.717, 1.165) is 39.8 Å². The largest absolute Gasteiger partial charge is 0.497 e. The first kappa shape index (κ1) is 20.7. The van der Waals surface area contributed by atoms with Crippen molar-refractivity contribution in [3.8, 4) is 5.75 Å². The quantitative estimate of drug-likeness (QED) is 0.445. The van der Waals surface area contributed by atoms with E-state index in [0.29, 0.717) is 0 Å². The Bertz CT molecular complexity index is 1170. The summed E-state index contributed by atoms with van der Waals surface area (Å²) in [4.78, 5) is 27.0. The van der Waals surface area contributed by atoms with Crippen LogP contribution in [0.15, 0.2) is 66.7 Å². The average Bonchev–Trinajstić information content (AvgIpc) is 3.12. The van der Waals surface area contributed by atoms with E-state index in [4.69, 9.17) is 9.47 Å². The molecule has 2 atom stereocenters. The summed E-state index contributed by atoms with van der Waals surface area (Å²) in [6, 6.07) is 19.6. The summed E-state index contributed by atoms with van der Waals surface area (Å²) in [6.45, 7) is 3.62. The molecule has 158 valence electrons. The Kier molecular flexibility index (Phi) is 5.76. The lowest BCUT2D eigenvalue weighted by atomic mass is 10.1. The Hall–Kier alpha value is -3.60. The topological polar surface area (TPSA) is 55.8 Å². The van der Waals surface area contributed by atoms with Gasteiger partial charge in [-0.25, -0.2) is 4.79 Å². The Morgan fingerprint density at radius 3 is 2.61 bits per heavy atom. The van der Waals surface area contributed by atoms with Crippen LogP contribution in [-0.2, 0) is 20.7 Å². The molecular weight excluding hydrogens is 390 g/mol. The Morgan fingerprint density at radius 1 is 1.06 bits per heavy atom. The first-order valence-electron chi connectivity index (χ1n) is 10.3. The van der Waals surface area contributed by atoms with Crippen LogP contribution < -0.4 is 9.64 Å². The highest BCUT2D eigenvalue weighted by Gasteiger charge is 2.34. The number of methoxy groups -OCH3 is 1. The lowest BCUT2D eigenvalue weighted by Crippen LogP contribution is -2.43. The van der Waals surface area contributed by atoms with Gasteiger partial charge in [0.15, 0.2) is 6.10 Å². The lowest BCUT2D eigenvalue weighted by molar-refractivity contribution is -0.149. The third-order valence-electron chi connectivity index (χ3n) is 5.57. The maximum atomic E-state index is 12.9. The zero-order valence-corrected chi connectivity index (χ0v) is 17.9. The Balaban J connectivity index is 1.42. The molecule has 0 saturated carbocycles. The summed E-state index contributed by atoms with van der Waals surface area (Å²) in [5.74, 6) is 0.0441. The van der Waals surface area contributed by atoms with E-state index in [2.05, 4.69) is 0 Å². The number of anilines is 1. The zero-order valence-electron chi connectivity index (χ0n) is 17.9. The van der Waals surface area contributed by atoms with E-state index in [1.165, 1.54) is 6.08 Å². The molecule has 3 aromatic carbocycles. The van der Waals surface area contributed by atoms with Gasteiger partial charge in [0, 0.05) is 17.8 Å². The number of esters is 1. The van der Waals surface area contributed by atoms with Crippen molar-refractivity contribution in [1.29, 1.82) is 0 Å². The molecule has 1 heterocycles. The van der Waals surface area contributed by atoms with Crippen LogP contribution in [0.5, 0.6) is 5.75 Å². The molecule has 0 aromatic heterocycles. The lowest BCUT2D eigenvalue weighted by Gasteiger charge is -2.25. The number of nitrogens with zero attached hydrogens (tertiary/aromatic N) is 1. The summed E-state index contributed by atoms with van der Waals surface area (Å²) < 4.78 is 10.6. The maximum absolute atomic E-state index is 12.9. The van der Waals surface area contributed by atoms with Crippen molar-refractivity contribution >= 4 is 34.4 Å². The SMILES string of the molecule is COc1ccc2cc(/C=C/C(=O)O[C@@H](C)C(=O)N3c4ccccc4C[C@@H]3C)ccc2c1. The van der Waals surface area contributed by atoms with Crippen LogP contribution >= 0.6 is 0 Å². The molecule has 4 rings (SSSR count). The van der Waals surface area contributed by atoms with Crippen molar-refractivity contribution in [2.24, 2.45) is 0 Å². The highest BCUT2D eigenvalue weighted by molar-refractivity contribution is 6.00. The van der Waals surface area contributed by atoms with Gasteiger partial charge in [0.05, 0.1) is 7.11 Å². The van der Waals surface area contributed by atoms with E-state index < -0.39 is 12.1 Å². The first-order valence-corrected chi connectivity index (χ1v) is 10.3. The van der Waals surface area contributed by atoms with Gasteiger partial charge in [0.25, 0.3) is 5.91 Å². The van der Waals surface area contributed by atoms with E-state index in [1.54, 1.807) is 25.0 Å². The standard InChI is InChI=1S/C26H25NO4/c1-17-14-22-6-4-5-7-24(22)27(17)26(29)18(2)31-25(28)13-9-19-8-10-21-16-23(30-3)12-11-20(21)15-19/h4-13,15-18H,14H2,1-3H3/b13-9+/t17-,18-/m0/s1. The van der Waals surface area contributed by atoms with Crippen molar-refractivity contribution in [2.45, 2.75) is 32.4 Å². The van der Waals surface area contributed by atoms with Gasteiger partial charge in [-0.1, -0.05) is 36.4 Å². The second-order valence-electron chi connectivity index (χ2n) is 7.78. The van der Waals surface area contributed by atoms with Gasteiger partial charge in [0.2, 0.25) is 0 Å². The summed E-state index contributed by atoms with van der Waals surface area (Å²) in [5.41, 5.74) is 2.90. The average molecular weight is 415 g/mol. The van der Waals surface area contributed by atoms with E-state index in [-0.39, 0.29) is 11.9 Å². The van der Waals surface area contributed by atoms with E-state index in [1.807, 2.05) is 67.6 Å². The highest BCUT2D eigenvalue weighted by Crippen LogP contribution is 2.32. The van der Waals surface area contributed by atoms with Crippen LogP contribution in [0.4, 0.5) is 5.69 Å². The smallest absolute Gasteiger partial charge is 0.331 e. The normalized spacial score (nSPS) is 16.4. The summed E-state index contributed by atoms with van der Waals surface area (Å²) >= 11 is 0. The van der Waals surface area contributed by atoms with Crippen molar-refractivity contribution < 1.29 is 19.1 Å². The van der Waals surface area contributed by atoms with Crippen molar-refractivity contribution in [3.63, 3.8) is 0 Å². The van der Waals surface area contributed by atoms with Gasteiger partial charge in [0.1, 0.15) is 5.75 Å². The number of rotatable bonds is 5. The van der Waals surface area contributed by atoms with Gasteiger partial charge in [-0.05, 0) is 72.5 Å². The number of fused-ring (bicyclic) bond motifs is 2. The molecule has 0 fully saturated rings. The Morgan fingerprint density at radius 2 is 1.81 bits per heavy atom. The molecule has 31 heavy (non-hydrogen) atoms. The second kappa shape index (κ2) is 8.64. The molecule has 1 amide bonds. The molecular formula is C26H25NO4. The van der Waals surface area contributed by atoms with E-state index in [9.17, 15) is 9.59 Å². The predicted octanol–water partition coefficient (Wildman–Crippen LogP) is 4.77. The molecule has 1 aliphatic heterocycles. The van der Waals surface area contributed by atoms with Crippen molar-refractivity contribution in [2.75, 3.05) is 12.0 Å². The maximum Gasteiger partial charge on any atom is 0.331 e. The molecule has 0 N–H and O–H groups in total. The molecule has 0 bridgehead atoms. The number of carbonyl (C=O) groups excluding carboxylic acids is 2. The van der Waals surface area contributed by atoms with Crippen LogP contribution in [0.25, 0.3) is 16.8 Å². The fourth-order valence-electron chi connectivity index (χ4n) is 4.00. The van der Waals surface area contributed by atoms with Crippen molar-refractivity contribution in [3.05, 3.63) is 77.9 Å². The molecule has 5 nitrogen and oxygen atoms in total. The molecule has 0 saturated heterocycles. The number of amides is 1. The Labute approximate surface area is 181 Å². The number of para-hydroxylation sites is 1. The minimum Gasteiger partial charge on any atom is -0.497 e. The fraction of sp³-hybridized carbons (Fsp3) is 0.231. The van der Waals surface area contributed by atoms with E-state index >= 15 is 0 Å². The van der Waals surface area contributed by atoms with Gasteiger partial charge >= 0.3 is 5.97 Å². The molecule has 1 aliphatic rings. The molecule has 0 radical (unpaired) electrons. The van der Waals surface area contributed by atoms with Crippen LogP contribution in [-0.4, -0.2) is 31.1 Å². The zero-order chi connectivity index (χ0) is 22.0. The number of benzene rings is 3. The van der Waals surface area contributed by atoms with Gasteiger partial charge in [-0.2, -0.15) is 0 Å². The molecule has 5 heteroatoms. The first-order chi connectivity index (χ1) is 15.0. The molecule has 3 aromatic rings. The van der Waals surface area contributed by atoms with Gasteiger partial charge in [-0.15, -0.1) is 0 Å². The predicted molar refractivity (Wildman–Crippen MR) is 122 cm³/mol. The highest BCUT2D eigenvalue weighted by atomic mass is 16.5. The monoisotopic (exact) mass is 415 g/mol.